The second-order valence-corrected chi connectivity index (χ2v) is 4.08. The summed E-state index contributed by atoms with van der Waals surface area (Å²) in [6.07, 6.45) is 4.40. The highest BCUT2D eigenvalue weighted by atomic mass is 35.5. The Morgan fingerprint density at radius 2 is 1.83 bits per heavy atom. The first-order valence-corrected chi connectivity index (χ1v) is 5.70. The third kappa shape index (κ3) is 3.09. The van der Waals surface area contributed by atoms with E-state index >= 15 is 0 Å². The number of nitrogens with one attached hydrogen (secondary N) is 2. The summed E-state index contributed by atoms with van der Waals surface area (Å²) < 4.78 is 0. The monoisotopic (exact) mass is 282 g/mol. The highest BCUT2D eigenvalue weighted by Crippen LogP contribution is 2.29. The number of aromatic nitrogens is 2. The van der Waals surface area contributed by atoms with Crippen LogP contribution in [0, 0.1) is 0 Å². The summed E-state index contributed by atoms with van der Waals surface area (Å²) in [5.74, 6) is 0.332. The van der Waals surface area contributed by atoms with Crippen LogP contribution >= 0.6 is 23.2 Å². The van der Waals surface area contributed by atoms with Gasteiger partial charge in [0, 0.05) is 12.4 Å². The Balaban J connectivity index is 2.08. The van der Waals surface area contributed by atoms with Crippen LogP contribution < -0.4 is 10.6 Å². The minimum absolute atomic E-state index is 0.332. The van der Waals surface area contributed by atoms with E-state index in [9.17, 15) is 4.79 Å². The SMILES string of the molecule is O=C(Nc1cnccn1)Nc1c(Cl)cccc1Cl. The summed E-state index contributed by atoms with van der Waals surface area (Å²) in [4.78, 5) is 19.4. The number of amides is 2. The number of anilines is 2. The van der Waals surface area contributed by atoms with Crippen LogP contribution in [0.5, 0.6) is 0 Å². The van der Waals surface area contributed by atoms with Gasteiger partial charge in [-0.2, -0.15) is 0 Å². The van der Waals surface area contributed by atoms with Crippen LogP contribution in [-0.2, 0) is 0 Å². The van der Waals surface area contributed by atoms with Gasteiger partial charge in [-0.05, 0) is 12.1 Å². The molecule has 0 saturated heterocycles. The number of halogens is 2. The molecule has 1 aromatic heterocycles. The molecule has 0 saturated carbocycles. The molecule has 0 aliphatic carbocycles. The molecule has 0 aliphatic rings. The first-order chi connectivity index (χ1) is 8.66. The van der Waals surface area contributed by atoms with E-state index in [0.717, 1.165) is 0 Å². The van der Waals surface area contributed by atoms with Crippen LogP contribution in [0.3, 0.4) is 0 Å². The van der Waals surface area contributed by atoms with Gasteiger partial charge in [-0.3, -0.25) is 10.3 Å². The van der Waals surface area contributed by atoms with Gasteiger partial charge in [-0.15, -0.1) is 0 Å². The second-order valence-electron chi connectivity index (χ2n) is 3.27. The molecule has 2 aromatic rings. The van der Waals surface area contributed by atoms with Gasteiger partial charge in [0.1, 0.15) is 0 Å². The summed E-state index contributed by atoms with van der Waals surface area (Å²) in [5.41, 5.74) is 0.349. The minimum atomic E-state index is -0.495. The summed E-state index contributed by atoms with van der Waals surface area (Å²) in [7, 11) is 0. The second kappa shape index (κ2) is 5.66. The maximum Gasteiger partial charge on any atom is 0.324 e. The molecule has 2 rings (SSSR count). The van der Waals surface area contributed by atoms with E-state index in [0.29, 0.717) is 21.6 Å². The fourth-order valence-corrected chi connectivity index (χ4v) is 1.73. The summed E-state index contributed by atoms with van der Waals surface area (Å²) in [6, 6.07) is 4.46. The number of carbonyl (C=O) groups is 1. The lowest BCUT2D eigenvalue weighted by Gasteiger charge is -2.09. The fraction of sp³-hybridized carbons (Fsp3) is 0. The smallest absolute Gasteiger partial charge is 0.305 e. The molecule has 5 nitrogen and oxygen atoms in total. The molecular formula is C11H8Cl2N4O. The normalized spacial score (nSPS) is 9.89. The molecule has 1 heterocycles. The predicted octanol–water partition coefficient (Wildman–Crippen LogP) is 3.43. The third-order valence-electron chi connectivity index (χ3n) is 2.01. The van der Waals surface area contributed by atoms with E-state index in [1.807, 2.05) is 0 Å². The first-order valence-electron chi connectivity index (χ1n) is 4.95. The van der Waals surface area contributed by atoms with Gasteiger partial charge in [-0.1, -0.05) is 29.3 Å². The number of rotatable bonds is 2. The van der Waals surface area contributed by atoms with Gasteiger partial charge in [-0.25, -0.2) is 9.78 Å². The van der Waals surface area contributed by atoms with Crippen LogP contribution in [0.2, 0.25) is 10.0 Å². The zero-order valence-corrected chi connectivity index (χ0v) is 10.5. The van der Waals surface area contributed by atoms with Crippen molar-refractivity contribution >= 4 is 40.7 Å². The topological polar surface area (TPSA) is 66.9 Å². The van der Waals surface area contributed by atoms with E-state index in [-0.39, 0.29) is 0 Å². The zero-order chi connectivity index (χ0) is 13.0. The molecule has 2 amide bonds. The molecule has 0 atom stereocenters. The van der Waals surface area contributed by atoms with Gasteiger partial charge in [0.05, 0.1) is 21.9 Å². The molecule has 92 valence electrons. The summed E-state index contributed by atoms with van der Waals surface area (Å²) >= 11 is 11.8. The van der Waals surface area contributed by atoms with Crippen molar-refractivity contribution in [1.29, 1.82) is 0 Å². The molecule has 0 aliphatic heterocycles. The molecular weight excluding hydrogens is 275 g/mol. The van der Waals surface area contributed by atoms with E-state index in [2.05, 4.69) is 20.6 Å². The Morgan fingerprint density at radius 3 is 2.44 bits per heavy atom. The molecule has 0 bridgehead atoms. The number of nitrogens with zero attached hydrogens (tertiary/aromatic N) is 2. The van der Waals surface area contributed by atoms with Crippen molar-refractivity contribution in [3.8, 4) is 0 Å². The first kappa shape index (κ1) is 12.6. The lowest BCUT2D eigenvalue weighted by atomic mass is 10.3. The summed E-state index contributed by atoms with van der Waals surface area (Å²) in [6.45, 7) is 0. The lowest BCUT2D eigenvalue weighted by Crippen LogP contribution is -2.20. The lowest BCUT2D eigenvalue weighted by molar-refractivity contribution is 0.262. The van der Waals surface area contributed by atoms with E-state index in [1.54, 1.807) is 18.2 Å². The van der Waals surface area contributed by atoms with Crippen LogP contribution in [-0.4, -0.2) is 16.0 Å². The maximum atomic E-state index is 11.7. The number of hydrogen-bond acceptors (Lipinski definition) is 3. The van der Waals surface area contributed by atoms with Crippen LogP contribution in [0.15, 0.2) is 36.8 Å². The number of hydrogen-bond donors (Lipinski definition) is 2. The zero-order valence-electron chi connectivity index (χ0n) is 9.02. The molecule has 0 radical (unpaired) electrons. The fourth-order valence-electron chi connectivity index (χ4n) is 1.24. The van der Waals surface area contributed by atoms with Crippen molar-refractivity contribution in [3.63, 3.8) is 0 Å². The van der Waals surface area contributed by atoms with Gasteiger partial charge in [0.2, 0.25) is 0 Å². The predicted molar refractivity (Wildman–Crippen MR) is 71.1 cm³/mol. The number of urea groups is 1. The molecule has 1 aromatic carbocycles. The number of para-hydroxylation sites is 1. The highest BCUT2D eigenvalue weighted by Gasteiger charge is 2.09. The molecule has 0 fully saturated rings. The van der Waals surface area contributed by atoms with Crippen LogP contribution in [0.1, 0.15) is 0 Å². The van der Waals surface area contributed by atoms with Crippen molar-refractivity contribution in [1.82, 2.24) is 9.97 Å². The molecule has 0 spiro atoms. The average Bonchev–Trinajstić information content (AvgIpc) is 2.35. The molecule has 2 N–H and O–H groups in total. The Hall–Kier alpha value is -1.85. The highest BCUT2D eigenvalue weighted by molar-refractivity contribution is 6.39. The molecule has 7 heteroatoms. The van der Waals surface area contributed by atoms with E-state index in [4.69, 9.17) is 23.2 Å². The third-order valence-corrected chi connectivity index (χ3v) is 2.64. The van der Waals surface area contributed by atoms with E-state index < -0.39 is 6.03 Å². The standard InChI is InChI=1S/C11H8Cl2N4O/c12-7-2-1-3-8(13)10(7)17-11(18)16-9-6-14-4-5-15-9/h1-6H,(H2,15,16,17,18). The van der Waals surface area contributed by atoms with Gasteiger partial charge in [0.25, 0.3) is 0 Å². The van der Waals surface area contributed by atoms with Gasteiger partial charge in [0.15, 0.2) is 5.82 Å². The Morgan fingerprint density at radius 1 is 1.11 bits per heavy atom. The van der Waals surface area contributed by atoms with Crippen molar-refractivity contribution in [3.05, 3.63) is 46.8 Å². The van der Waals surface area contributed by atoms with Crippen LogP contribution in [0.25, 0.3) is 0 Å². The Labute approximate surface area is 113 Å². The van der Waals surface area contributed by atoms with Crippen molar-refractivity contribution < 1.29 is 4.79 Å². The molecule has 18 heavy (non-hydrogen) atoms. The quantitative estimate of drug-likeness (QED) is 0.887. The minimum Gasteiger partial charge on any atom is -0.305 e. The Bertz CT molecular complexity index is 542. The Kier molecular flexibility index (Phi) is 3.96. The number of benzene rings is 1. The van der Waals surface area contributed by atoms with Gasteiger partial charge < -0.3 is 5.32 Å². The largest absolute Gasteiger partial charge is 0.324 e. The van der Waals surface area contributed by atoms with Crippen molar-refractivity contribution in [2.24, 2.45) is 0 Å². The van der Waals surface area contributed by atoms with Crippen LogP contribution in [0.4, 0.5) is 16.3 Å². The average molecular weight is 283 g/mol. The molecule has 0 unspecified atom stereocenters. The van der Waals surface area contributed by atoms with Crippen molar-refractivity contribution in [2.45, 2.75) is 0 Å². The maximum absolute atomic E-state index is 11.7. The summed E-state index contributed by atoms with van der Waals surface area (Å²) in [5, 5.41) is 5.77. The number of carbonyl (C=O) groups excluding carboxylic acids is 1. The van der Waals surface area contributed by atoms with Crippen molar-refractivity contribution in [2.75, 3.05) is 10.6 Å². The van der Waals surface area contributed by atoms with Gasteiger partial charge >= 0.3 is 6.03 Å². The van der Waals surface area contributed by atoms with E-state index in [1.165, 1.54) is 18.6 Å².